The van der Waals surface area contributed by atoms with Crippen LogP contribution in [0.15, 0.2) is 22.8 Å². The standard InChI is InChI=1S/C11H11FN4O3/c12-3-4-13-10(17)6-14-11(18)7-1-2-8-9(5-7)16-19-15-8/h1-2,5H,3-4,6H2,(H,13,17)(H,14,18). The monoisotopic (exact) mass is 266 g/mol. The van der Waals surface area contributed by atoms with Crippen LogP contribution in [0, 0.1) is 0 Å². The van der Waals surface area contributed by atoms with E-state index in [-0.39, 0.29) is 13.1 Å². The molecule has 0 aliphatic heterocycles. The van der Waals surface area contributed by atoms with Gasteiger partial charge in [-0.05, 0) is 28.5 Å². The predicted octanol–water partition coefficient (Wildman–Crippen LogP) is 0.0383. The third kappa shape index (κ3) is 3.24. The fraction of sp³-hybridized carbons (Fsp3) is 0.273. The van der Waals surface area contributed by atoms with Gasteiger partial charge >= 0.3 is 0 Å². The third-order valence-corrected chi connectivity index (χ3v) is 2.34. The molecule has 0 radical (unpaired) electrons. The summed E-state index contributed by atoms with van der Waals surface area (Å²) in [4.78, 5) is 22.9. The minimum absolute atomic E-state index is 0.0642. The SMILES string of the molecule is O=C(CNC(=O)c1ccc2nonc2c1)NCCF. The number of nitrogens with zero attached hydrogens (tertiary/aromatic N) is 2. The second-order valence-electron chi connectivity index (χ2n) is 3.69. The first-order valence-electron chi connectivity index (χ1n) is 5.54. The highest BCUT2D eigenvalue weighted by atomic mass is 19.1. The van der Waals surface area contributed by atoms with E-state index in [2.05, 4.69) is 25.6 Å². The Bertz CT molecular complexity index is 598. The van der Waals surface area contributed by atoms with Gasteiger partial charge in [0, 0.05) is 12.1 Å². The van der Waals surface area contributed by atoms with Crippen molar-refractivity contribution in [1.29, 1.82) is 0 Å². The molecule has 0 fully saturated rings. The van der Waals surface area contributed by atoms with Crippen LogP contribution in [0.5, 0.6) is 0 Å². The lowest BCUT2D eigenvalue weighted by molar-refractivity contribution is -0.120. The van der Waals surface area contributed by atoms with Crippen molar-refractivity contribution in [2.45, 2.75) is 0 Å². The summed E-state index contributed by atoms with van der Waals surface area (Å²) in [6.45, 7) is -0.922. The molecule has 0 aliphatic rings. The zero-order valence-electron chi connectivity index (χ0n) is 9.85. The lowest BCUT2D eigenvalue weighted by atomic mass is 10.2. The van der Waals surface area contributed by atoms with Crippen molar-refractivity contribution < 1.29 is 18.6 Å². The number of halogens is 1. The Balaban J connectivity index is 1.94. The Kier molecular flexibility index (Phi) is 4.01. The van der Waals surface area contributed by atoms with Crippen molar-refractivity contribution in [2.75, 3.05) is 19.8 Å². The molecule has 2 amide bonds. The summed E-state index contributed by atoms with van der Waals surface area (Å²) >= 11 is 0. The Morgan fingerprint density at radius 1 is 1.21 bits per heavy atom. The number of rotatable bonds is 5. The van der Waals surface area contributed by atoms with Gasteiger partial charge in [-0.1, -0.05) is 0 Å². The van der Waals surface area contributed by atoms with E-state index in [0.717, 1.165) is 0 Å². The van der Waals surface area contributed by atoms with E-state index in [1.807, 2.05) is 0 Å². The molecule has 0 saturated carbocycles. The number of amides is 2. The molecule has 1 heterocycles. The second kappa shape index (κ2) is 5.89. The maximum Gasteiger partial charge on any atom is 0.251 e. The second-order valence-corrected chi connectivity index (χ2v) is 3.69. The lowest BCUT2D eigenvalue weighted by Gasteiger charge is -2.05. The van der Waals surface area contributed by atoms with Crippen molar-refractivity contribution in [3.8, 4) is 0 Å². The number of carbonyl (C=O) groups is 2. The maximum absolute atomic E-state index is 11.8. The molecule has 2 N–H and O–H groups in total. The topological polar surface area (TPSA) is 97.1 Å². The molecule has 0 saturated heterocycles. The number of hydrogen-bond donors (Lipinski definition) is 2. The zero-order chi connectivity index (χ0) is 13.7. The van der Waals surface area contributed by atoms with Gasteiger partial charge in [-0.2, -0.15) is 0 Å². The van der Waals surface area contributed by atoms with Gasteiger partial charge in [0.1, 0.15) is 17.7 Å². The molecule has 2 rings (SSSR count). The number of aromatic nitrogens is 2. The van der Waals surface area contributed by atoms with Gasteiger partial charge in [0.15, 0.2) is 0 Å². The Hall–Kier alpha value is -2.51. The van der Waals surface area contributed by atoms with E-state index in [1.165, 1.54) is 6.07 Å². The molecule has 1 aromatic carbocycles. The van der Waals surface area contributed by atoms with Gasteiger partial charge in [0.2, 0.25) is 5.91 Å². The summed E-state index contributed by atoms with van der Waals surface area (Å²) in [6.07, 6.45) is 0. The number of alkyl halides is 1. The number of benzene rings is 1. The Morgan fingerprint density at radius 3 is 2.79 bits per heavy atom. The summed E-state index contributed by atoms with van der Waals surface area (Å²) < 4.78 is 16.3. The van der Waals surface area contributed by atoms with Crippen LogP contribution in [0.2, 0.25) is 0 Å². The van der Waals surface area contributed by atoms with E-state index in [4.69, 9.17) is 0 Å². The third-order valence-electron chi connectivity index (χ3n) is 2.34. The summed E-state index contributed by atoms with van der Waals surface area (Å²) in [5, 5.41) is 11.9. The highest BCUT2D eigenvalue weighted by Crippen LogP contribution is 2.11. The van der Waals surface area contributed by atoms with Gasteiger partial charge in [-0.3, -0.25) is 9.59 Å². The fourth-order valence-corrected chi connectivity index (χ4v) is 1.44. The molecule has 7 nitrogen and oxygen atoms in total. The normalized spacial score (nSPS) is 10.4. The number of hydrogen-bond acceptors (Lipinski definition) is 5. The van der Waals surface area contributed by atoms with Crippen LogP contribution < -0.4 is 10.6 Å². The molecule has 0 bridgehead atoms. The quantitative estimate of drug-likeness (QED) is 0.796. The molecule has 19 heavy (non-hydrogen) atoms. The summed E-state index contributed by atoms with van der Waals surface area (Å²) in [6, 6.07) is 4.63. The van der Waals surface area contributed by atoms with Crippen molar-refractivity contribution >= 4 is 22.8 Å². The van der Waals surface area contributed by atoms with Crippen molar-refractivity contribution in [3.63, 3.8) is 0 Å². The van der Waals surface area contributed by atoms with E-state index < -0.39 is 18.5 Å². The average molecular weight is 266 g/mol. The molecule has 8 heteroatoms. The molecule has 1 aromatic heterocycles. The van der Waals surface area contributed by atoms with E-state index in [0.29, 0.717) is 16.6 Å². The van der Waals surface area contributed by atoms with E-state index >= 15 is 0 Å². The molecular formula is C11H11FN4O3. The average Bonchev–Trinajstić information content (AvgIpc) is 2.89. The minimum Gasteiger partial charge on any atom is -0.352 e. The highest BCUT2D eigenvalue weighted by molar-refractivity contribution is 5.98. The van der Waals surface area contributed by atoms with Crippen LogP contribution in [0.4, 0.5) is 4.39 Å². The molecular weight excluding hydrogens is 255 g/mol. The van der Waals surface area contributed by atoms with Gasteiger partial charge in [0.05, 0.1) is 6.54 Å². The van der Waals surface area contributed by atoms with Crippen LogP contribution in [-0.2, 0) is 4.79 Å². The number of fused-ring (bicyclic) bond motifs is 1. The Labute approximate surface area is 107 Å². The largest absolute Gasteiger partial charge is 0.352 e. The first-order valence-corrected chi connectivity index (χ1v) is 5.54. The van der Waals surface area contributed by atoms with Crippen molar-refractivity contribution in [3.05, 3.63) is 23.8 Å². The van der Waals surface area contributed by atoms with Crippen LogP contribution >= 0.6 is 0 Å². The Morgan fingerprint density at radius 2 is 2.00 bits per heavy atom. The fourth-order valence-electron chi connectivity index (χ4n) is 1.44. The number of carbonyl (C=O) groups excluding carboxylic acids is 2. The zero-order valence-corrected chi connectivity index (χ0v) is 9.85. The lowest BCUT2D eigenvalue weighted by Crippen LogP contribution is -2.37. The first-order chi connectivity index (χ1) is 9.20. The number of nitrogens with one attached hydrogen (secondary N) is 2. The molecule has 0 unspecified atom stereocenters. The first kappa shape index (κ1) is 12.9. The molecule has 0 atom stereocenters. The van der Waals surface area contributed by atoms with Gasteiger partial charge in [0.25, 0.3) is 5.91 Å². The van der Waals surface area contributed by atoms with Crippen molar-refractivity contribution in [2.24, 2.45) is 0 Å². The van der Waals surface area contributed by atoms with Crippen LogP contribution in [-0.4, -0.2) is 41.9 Å². The summed E-state index contributed by atoms with van der Waals surface area (Å²) in [5.74, 6) is -0.879. The predicted molar refractivity (Wildman–Crippen MR) is 63.1 cm³/mol. The van der Waals surface area contributed by atoms with Gasteiger partial charge in [-0.15, -0.1) is 0 Å². The van der Waals surface area contributed by atoms with Gasteiger partial charge < -0.3 is 10.6 Å². The van der Waals surface area contributed by atoms with E-state index in [9.17, 15) is 14.0 Å². The minimum atomic E-state index is -0.643. The smallest absolute Gasteiger partial charge is 0.251 e. The van der Waals surface area contributed by atoms with Crippen molar-refractivity contribution in [1.82, 2.24) is 20.9 Å². The summed E-state index contributed by atoms with van der Waals surface area (Å²) in [7, 11) is 0. The van der Waals surface area contributed by atoms with Crippen LogP contribution in [0.3, 0.4) is 0 Å². The van der Waals surface area contributed by atoms with Gasteiger partial charge in [-0.25, -0.2) is 9.02 Å². The molecule has 0 aliphatic carbocycles. The highest BCUT2D eigenvalue weighted by Gasteiger charge is 2.10. The maximum atomic E-state index is 11.8. The molecule has 100 valence electrons. The molecule has 2 aromatic rings. The molecule has 0 spiro atoms. The van der Waals surface area contributed by atoms with Crippen LogP contribution in [0.1, 0.15) is 10.4 Å². The van der Waals surface area contributed by atoms with Crippen LogP contribution in [0.25, 0.3) is 11.0 Å². The van der Waals surface area contributed by atoms with E-state index in [1.54, 1.807) is 12.1 Å². The summed E-state index contributed by atoms with van der Waals surface area (Å²) in [5.41, 5.74) is 1.33.